The predicted molar refractivity (Wildman–Crippen MR) is 163 cm³/mol. The molecule has 1 N–H and O–H groups in total. The van der Waals surface area contributed by atoms with Gasteiger partial charge in [0, 0.05) is 18.7 Å². The van der Waals surface area contributed by atoms with Crippen LogP contribution in [0.15, 0.2) is 71.6 Å². The Bertz CT molecular complexity index is 1480. The summed E-state index contributed by atoms with van der Waals surface area (Å²) in [5, 5.41) is 3.55. The molecule has 0 radical (unpaired) electrons. The number of benzene rings is 3. The van der Waals surface area contributed by atoms with Crippen molar-refractivity contribution < 1.29 is 22.7 Å². The third kappa shape index (κ3) is 8.15. The summed E-state index contributed by atoms with van der Waals surface area (Å²) in [7, 11) is -2.72. The summed E-state index contributed by atoms with van der Waals surface area (Å²) in [5.41, 5.74) is 1.76. The molecule has 3 rings (SSSR count). The van der Waals surface area contributed by atoms with Crippen molar-refractivity contribution in [2.45, 2.75) is 57.6 Å². The standard InChI is InChI=1S/C30H35Cl2N3O5S/c1-6-21(3)33-30(37)22(4)34(18-23-12-15-27(31)28(32)16-23)29(36)19-35(24-8-7-9-25(17-24)40-5)41(38,39)26-13-10-20(2)11-14-26/h7-17,21-22H,6,18-19H2,1-5H3,(H,33,37)/t21-,22+/m0/s1. The number of carbonyl (C=O) groups is 2. The second-order valence-electron chi connectivity index (χ2n) is 9.79. The summed E-state index contributed by atoms with van der Waals surface area (Å²) in [6, 6.07) is 16.7. The van der Waals surface area contributed by atoms with Crippen molar-refractivity contribution in [1.82, 2.24) is 10.2 Å². The second kappa shape index (κ2) is 14.1. The Labute approximate surface area is 252 Å². The minimum absolute atomic E-state index is 0.00133. The van der Waals surface area contributed by atoms with Gasteiger partial charge in [-0.15, -0.1) is 0 Å². The fourth-order valence-electron chi connectivity index (χ4n) is 4.01. The van der Waals surface area contributed by atoms with Crippen molar-refractivity contribution in [3.8, 4) is 5.75 Å². The number of carbonyl (C=O) groups excluding carboxylic acids is 2. The average Bonchev–Trinajstić information content (AvgIpc) is 2.95. The summed E-state index contributed by atoms with van der Waals surface area (Å²) in [4.78, 5) is 28.5. The van der Waals surface area contributed by atoms with Crippen LogP contribution in [-0.2, 0) is 26.2 Å². The highest BCUT2D eigenvalue weighted by molar-refractivity contribution is 7.92. The molecular weight excluding hydrogens is 585 g/mol. The van der Waals surface area contributed by atoms with Gasteiger partial charge in [-0.05, 0) is 69.2 Å². The van der Waals surface area contributed by atoms with E-state index in [0.29, 0.717) is 27.8 Å². The van der Waals surface area contributed by atoms with Crippen LogP contribution in [0.25, 0.3) is 0 Å². The predicted octanol–water partition coefficient (Wildman–Crippen LogP) is 5.84. The van der Waals surface area contributed by atoms with Crippen molar-refractivity contribution in [2.24, 2.45) is 0 Å². The lowest BCUT2D eigenvalue weighted by Gasteiger charge is -2.32. The fourth-order valence-corrected chi connectivity index (χ4v) is 5.74. The second-order valence-corrected chi connectivity index (χ2v) is 12.5. The Morgan fingerprint density at radius 2 is 1.66 bits per heavy atom. The number of hydrogen-bond acceptors (Lipinski definition) is 5. The van der Waals surface area contributed by atoms with Crippen molar-refractivity contribution >= 4 is 50.7 Å². The number of aryl methyl sites for hydroxylation is 1. The van der Waals surface area contributed by atoms with Crippen LogP contribution in [0, 0.1) is 6.92 Å². The average molecular weight is 621 g/mol. The van der Waals surface area contributed by atoms with Crippen molar-refractivity contribution in [2.75, 3.05) is 18.0 Å². The summed E-state index contributed by atoms with van der Waals surface area (Å²) in [6.45, 7) is 6.71. The molecule has 0 aromatic heterocycles. The van der Waals surface area contributed by atoms with Gasteiger partial charge in [-0.3, -0.25) is 13.9 Å². The normalized spacial score (nSPS) is 12.8. The number of sulfonamides is 1. The molecule has 220 valence electrons. The van der Waals surface area contributed by atoms with Crippen molar-refractivity contribution in [1.29, 1.82) is 0 Å². The van der Waals surface area contributed by atoms with E-state index >= 15 is 0 Å². The number of nitrogens with zero attached hydrogens (tertiary/aromatic N) is 2. The van der Waals surface area contributed by atoms with Crippen LogP contribution in [0.3, 0.4) is 0 Å². The quantitative estimate of drug-likeness (QED) is 0.275. The fraction of sp³-hybridized carbons (Fsp3) is 0.333. The Morgan fingerprint density at radius 3 is 2.27 bits per heavy atom. The molecule has 0 fully saturated rings. The number of amides is 2. The highest BCUT2D eigenvalue weighted by atomic mass is 35.5. The third-order valence-corrected chi connectivity index (χ3v) is 9.26. The summed E-state index contributed by atoms with van der Waals surface area (Å²) in [6.07, 6.45) is 0.706. The van der Waals surface area contributed by atoms with Gasteiger partial charge in [0.25, 0.3) is 10.0 Å². The van der Waals surface area contributed by atoms with E-state index in [2.05, 4.69) is 5.32 Å². The van der Waals surface area contributed by atoms with Crippen molar-refractivity contribution in [3.05, 3.63) is 87.9 Å². The van der Waals surface area contributed by atoms with Crippen LogP contribution in [-0.4, -0.2) is 50.9 Å². The number of anilines is 1. The zero-order valence-electron chi connectivity index (χ0n) is 23.7. The first-order valence-electron chi connectivity index (χ1n) is 13.1. The maximum atomic E-state index is 14.0. The third-order valence-electron chi connectivity index (χ3n) is 6.73. The maximum absolute atomic E-state index is 14.0. The Hall–Kier alpha value is -3.27. The maximum Gasteiger partial charge on any atom is 0.264 e. The molecule has 0 aliphatic rings. The molecule has 0 heterocycles. The van der Waals surface area contributed by atoms with E-state index in [0.717, 1.165) is 9.87 Å². The van der Waals surface area contributed by atoms with Crippen LogP contribution >= 0.6 is 23.2 Å². The number of rotatable bonds is 12. The molecule has 11 heteroatoms. The van der Waals surface area contributed by atoms with Crippen LogP contribution in [0.1, 0.15) is 38.3 Å². The number of ether oxygens (including phenoxy) is 1. The molecule has 0 bridgehead atoms. The Kier molecular flexibility index (Phi) is 11.1. The lowest BCUT2D eigenvalue weighted by Crippen LogP contribution is -2.52. The van der Waals surface area contributed by atoms with Gasteiger partial charge in [0.05, 0.1) is 27.7 Å². The first-order chi connectivity index (χ1) is 19.4. The molecular formula is C30H35Cl2N3O5S. The molecule has 41 heavy (non-hydrogen) atoms. The number of halogens is 2. The van der Waals surface area contributed by atoms with E-state index in [4.69, 9.17) is 27.9 Å². The van der Waals surface area contributed by atoms with Crippen LogP contribution in [0.5, 0.6) is 5.75 Å². The molecule has 0 aliphatic carbocycles. The van der Waals surface area contributed by atoms with Gasteiger partial charge in [-0.2, -0.15) is 0 Å². The Balaban J connectivity index is 2.06. The minimum Gasteiger partial charge on any atom is -0.497 e. The minimum atomic E-state index is -4.19. The van der Waals surface area contributed by atoms with Gasteiger partial charge in [0.15, 0.2) is 0 Å². The number of methoxy groups -OCH3 is 1. The molecule has 0 aliphatic heterocycles. The van der Waals surface area contributed by atoms with E-state index in [1.54, 1.807) is 61.5 Å². The largest absolute Gasteiger partial charge is 0.497 e. The van der Waals surface area contributed by atoms with Crippen LogP contribution < -0.4 is 14.4 Å². The topological polar surface area (TPSA) is 96.0 Å². The zero-order chi connectivity index (χ0) is 30.3. The summed E-state index contributed by atoms with van der Waals surface area (Å²) >= 11 is 12.3. The van der Waals surface area contributed by atoms with E-state index in [1.165, 1.54) is 24.1 Å². The monoisotopic (exact) mass is 619 g/mol. The number of hydrogen-bond donors (Lipinski definition) is 1. The highest BCUT2D eigenvalue weighted by Gasteiger charge is 2.33. The molecule has 0 unspecified atom stereocenters. The van der Waals surface area contributed by atoms with Crippen LogP contribution in [0.2, 0.25) is 10.0 Å². The van der Waals surface area contributed by atoms with Gasteiger partial charge in [-0.25, -0.2) is 8.42 Å². The number of nitrogens with one attached hydrogen (secondary N) is 1. The van der Waals surface area contributed by atoms with Crippen LogP contribution in [0.4, 0.5) is 5.69 Å². The van der Waals surface area contributed by atoms with Gasteiger partial charge >= 0.3 is 0 Å². The molecule has 2 amide bonds. The Morgan fingerprint density at radius 1 is 0.976 bits per heavy atom. The van der Waals surface area contributed by atoms with Crippen molar-refractivity contribution in [3.63, 3.8) is 0 Å². The molecule has 2 atom stereocenters. The smallest absolute Gasteiger partial charge is 0.264 e. The molecule has 0 saturated heterocycles. The van der Waals surface area contributed by atoms with E-state index in [1.807, 2.05) is 20.8 Å². The molecule has 0 spiro atoms. The van der Waals surface area contributed by atoms with E-state index < -0.39 is 28.5 Å². The molecule has 0 saturated carbocycles. The molecule has 3 aromatic rings. The zero-order valence-corrected chi connectivity index (χ0v) is 26.1. The summed E-state index contributed by atoms with van der Waals surface area (Å²) in [5.74, 6) is -0.517. The summed E-state index contributed by atoms with van der Waals surface area (Å²) < 4.78 is 34.2. The van der Waals surface area contributed by atoms with Gasteiger partial charge in [0.2, 0.25) is 11.8 Å². The van der Waals surface area contributed by atoms with Gasteiger partial charge in [0.1, 0.15) is 18.3 Å². The van der Waals surface area contributed by atoms with E-state index in [-0.39, 0.29) is 29.1 Å². The first kappa shape index (κ1) is 32.2. The highest BCUT2D eigenvalue weighted by Crippen LogP contribution is 2.28. The first-order valence-corrected chi connectivity index (χ1v) is 15.3. The van der Waals surface area contributed by atoms with E-state index in [9.17, 15) is 18.0 Å². The molecule has 3 aromatic carbocycles. The molecule has 8 nitrogen and oxygen atoms in total. The van der Waals surface area contributed by atoms with Gasteiger partial charge < -0.3 is 15.0 Å². The SMILES string of the molecule is CC[C@H](C)NC(=O)[C@@H](C)N(Cc1ccc(Cl)c(Cl)c1)C(=O)CN(c1cccc(OC)c1)S(=O)(=O)c1ccc(C)cc1. The lowest BCUT2D eigenvalue weighted by atomic mass is 10.1. The lowest BCUT2D eigenvalue weighted by molar-refractivity contribution is -0.139. The van der Waals surface area contributed by atoms with Gasteiger partial charge in [-0.1, -0.05) is 60.0 Å².